The summed E-state index contributed by atoms with van der Waals surface area (Å²) in [5.41, 5.74) is 1.02. The second kappa shape index (κ2) is 7.89. The van der Waals surface area contributed by atoms with E-state index in [0.29, 0.717) is 6.54 Å². The van der Waals surface area contributed by atoms with Crippen molar-refractivity contribution in [3.63, 3.8) is 0 Å². The van der Waals surface area contributed by atoms with Gasteiger partial charge in [0.05, 0.1) is 10.5 Å². The van der Waals surface area contributed by atoms with Crippen molar-refractivity contribution in [2.75, 3.05) is 5.32 Å². The van der Waals surface area contributed by atoms with E-state index in [1.54, 1.807) is 24.3 Å². The van der Waals surface area contributed by atoms with E-state index in [-0.39, 0.29) is 27.3 Å². The van der Waals surface area contributed by atoms with Gasteiger partial charge in [-0.2, -0.15) is 4.98 Å². The minimum atomic E-state index is -3.96. The van der Waals surface area contributed by atoms with Crippen LogP contribution in [-0.2, 0) is 16.4 Å². The summed E-state index contributed by atoms with van der Waals surface area (Å²) < 4.78 is 46.2. The van der Waals surface area contributed by atoms with Crippen LogP contribution in [0.3, 0.4) is 0 Å². The lowest BCUT2D eigenvalue weighted by molar-refractivity contribution is 0.567. The Balaban J connectivity index is 1.79. The Morgan fingerprint density at radius 2 is 1.48 bits per heavy atom. The smallest absolute Gasteiger partial charge is 0.234 e. The first-order valence-corrected chi connectivity index (χ1v) is 10.4. The fourth-order valence-electron chi connectivity index (χ4n) is 2.84. The molecule has 4 aromatic rings. The van der Waals surface area contributed by atoms with Crippen LogP contribution in [0.5, 0.6) is 0 Å². The van der Waals surface area contributed by atoms with Crippen LogP contribution < -0.4 is 5.32 Å². The third kappa shape index (κ3) is 3.90. The molecular weight excluding hydrogens is 391 g/mol. The minimum Gasteiger partial charge on any atom is -0.419 e. The first kappa shape index (κ1) is 18.9. The highest BCUT2D eigenvalue weighted by Crippen LogP contribution is 2.33. The second-order valence-electron chi connectivity index (χ2n) is 6.29. The molecule has 146 valence electrons. The summed E-state index contributed by atoms with van der Waals surface area (Å²) in [6.45, 7) is 0.323. The fourth-order valence-corrected chi connectivity index (χ4v) is 4.14. The van der Waals surface area contributed by atoms with Crippen molar-refractivity contribution >= 4 is 15.7 Å². The molecule has 1 heterocycles. The van der Waals surface area contributed by atoms with E-state index in [0.717, 1.165) is 5.56 Å². The monoisotopic (exact) mass is 408 g/mol. The molecule has 0 spiro atoms. The van der Waals surface area contributed by atoms with E-state index >= 15 is 0 Å². The van der Waals surface area contributed by atoms with Gasteiger partial charge >= 0.3 is 0 Å². The van der Waals surface area contributed by atoms with Gasteiger partial charge in [-0.25, -0.2) is 12.8 Å². The molecule has 0 saturated heterocycles. The van der Waals surface area contributed by atoms with Gasteiger partial charge < -0.3 is 9.73 Å². The molecule has 0 bridgehead atoms. The number of halogens is 1. The molecule has 5 nitrogen and oxygen atoms in total. The fraction of sp³-hybridized carbons (Fsp3) is 0.0455. The zero-order valence-corrected chi connectivity index (χ0v) is 16.1. The molecule has 0 aliphatic rings. The molecule has 0 saturated carbocycles. The van der Waals surface area contributed by atoms with Crippen LogP contribution in [0.15, 0.2) is 99.3 Å². The molecule has 29 heavy (non-hydrogen) atoms. The third-order valence-corrected chi connectivity index (χ3v) is 5.98. The average Bonchev–Trinajstić information content (AvgIpc) is 3.19. The molecule has 0 fully saturated rings. The molecule has 3 aromatic carbocycles. The predicted molar refractivity (Wildman–Crippen MR) is 108 cm³/mol. The van der Waals surface area contributed by atoms with Gasteiger partial charge in [-0.1, -0.05) is 60.7 Å². The van der Waals surface area contributed by atoms with Crippen molar-refractivity contribution in [1.82, 2.24) is 4.98 Å². The number of nitrogens with one attached hydrogen (secondary N) is 1. The molecule has 0 atom stereocenters. The van der Waals surface area contributed by atoms with E-state index in [1.165, 1.54) is 30.3 Å². The van der Waals surface area contributed by atoms with Gasteiger partial charge in [0.15, 0.2) is 0 Å². The molecule has 4 rings (SSSR count). The van der Waals surface area contributed by atoms with Crippen LogP contribution in [-0.4, -0.2) is 13.4 Å². The van der Waals surface area contributed by atoms with Crippen molar-refractivity contribution in [2.24, 2.45) is 0 Å². The Hall–Kier alpha value is -3.45. The van der Waals surface area contributed by atoms with Gasteiger partial charge in [0.25, 0.3) is 0 Å². The Morgan fingerprint density at radius 3 is 2.17 bits per heavy atom. The average molecular weight is 408 g/mol. The number of anilines is 1. The lowest BCUT2D eigenvalue weighted by atomic mass is 10.2. The lowest BCUT2D eigenvalue weighted by Crippen LogP contribution is -2.07. The summed E-state index contributed by atoms with van der Waals surface area (Å²) in [6.07, 6.45) is 0. The first-order valence-electron chi connectivity index (χ1n) is 8.89. The summed E-state index contributed by atoms with van der Waals surface area (Å²) >= 11 is 0. The zero-order chi connectivity index (χ0) is 20.3. The number of hydrogen-bond acceptors (Lipinski definition) is 5. The maximum Gasteiger partial charge on any atom is 0.234 e. The quantitative estimate of drug-likeness (QED) is 0.490. The van der Waals surface area contributed by atoms with Crippen LogP contribution in [0.25, 0.3) is 11.5 Å². The van der Waals surface area contributed by atoms with Crippen LogP contribution >= 0.6 is 0 Å². The summed E-state index contributed by atoms with van der Waals surface area (Å²) in [4.78, 5) is 4.22. The highest BCUT2D eigenvalue weighted by Gasteiger charge is 2.29. The van der Waals surface area contributed by atoms with Crippen LogP contribution in [0, 0.1) is 5.82 Å². The summed E-state index contributed by atoms with van der Waals surface area (Å²) in [5.74, 6) is -0.684. The number of aromatic nitrogens is 1. The van der Waals surface area contributed by atoms with E-state index in [4.69, 9.17) is 4.42 Å². The van der Waals surface area contributed by atoms with Gasteiger partial charge in [0, 0.05) is 6.54 Å². The maximum atomic E-state index is 14.2. The molecule has 1 N–H and O–H groups in total. The number of sulfone groups is 1. The van der Waals surface area contributed by atoms with E-state index in [9.17, 15) is 12.8 Å². The molecule has 1 aromatic heterocycles. The predicted octanol–water partition coefficient (Wildman–Crippen LogP) is 4.93. The Kier molecular flexibility index (Phi) is 5.14. The molecule has 0 radical (unpaired) electrons. The molecule has 0 amide bonds. The standard InChI is InChI=1S/C22H17FN2O3S/c23-19-14-8-7-13-18(19)20-25-22(29(26,27)17-11-5-2-6-12-17)21(28-20)24-15-16-9-3-1-4-10-16/h1-14,24H,15H2. The second-order valence-corrected chi connectivity index (χ2v) is 8.15. The number of nitrogens with zero attached hydrogens (tertiary/aromatic N) is 1. The van der Waals surface area contributed by atoms with E-state index in [1.807, 2.05) is 30.3 Å². The summed E-state index contributed by atoms with van der Waals surface area (Å²) in [5, 5.41) is 2.70. The number of oxazole rings is 1. The molecule has 7 heteroatoms. The molecule has 0 aliphatic carbocycles. The topological polar surface area (TPSA) is 72.2 Å². The Morgan fingerprint density at radius 1 is 0.862 bits per heavy atom. The van der Waals surface area contributed by atoms with Crippen molar-refractivity contribution in [2.45, 2.75) is 16.5 Å². The lowest BCUT2D eigenvalue weighted by Gasteiger charge is -2.06. The van der Waals surface area contributed by atoms with Gasteiger partial charge in [0.1, 0.15) is 5.82 Å². The zero-order valence-electron chi connectivity index (χ0n) is 15.2. The minimum absolute atomic E-state index is 0.0315. The normalized spacial score (nSPS) is 11.3. The number of hydrogen-bond donors (Lipinski definition) is 1. The summed E-state index contributed by atoms with van der Waals surface area (Å²) in [6, 6.07) is 23.3. The largest absolute Gasteiger partial charge is 0.419 e. The van der Waals surface area contributed by atoms with Gasteiger partial charge in [-0.3, -0.25) is 0 Å². The molecule has 0 aliphatic heterocycles. The summed E-state index contributed by atoms with van der Waals surface area (Å²) in [7, 11) is -3.96. The number of rotatable bonds is 6. The van der Waals surface area contributed by atoms with Crippen molar-refractivity contribution in [1.29, 1.82) is 0 Å². The Bertz CT molecular complexity index is 1220. The molecular formula is C22H17FN2O3S. The van der Waals surface area contributed by atoms with Crippen LogP contribution in [0.2, 0.25) is 0 Å². The third-order valence-electron chi connectivity index (χ3n) is 4.30. The Labute approximate surface area is 167 Å². The van der Waals surface area contributed by atoms with Crippen molar-refractivity contribution < 1.29 is 17.2 Å². The highest BCUT2D eigenvalue weighted by atomic mass is 32.2. The van der Waals surface area contributed by atoms with E-state index in [2.05, 4.69) is 10.3 Å². The van der Waals surface area contributed by atoms with Crippen LogP contribution in [0.1, 0.15) is 5.56 Å². The van der Waals surface area contributed by atoms with Gasteiger partial charge in [0.2, 0.25) is 26.6 Å². The maximum absolute atomic E-state index is 14.2. The van der Waals surface area contributed by atoms with Crippen LogP contribution in [0.4, 0.5) is 10.3 Å². The van der Waals surface area contributed by atoms with Gasteiger partial charge in [-0.05, 0) is 29.8 Å². The number of benzene rings is 3. The molecule has 0 unspecified atom stereocenters. The van der Waals surface area contributed by atoms with Crippen molar-refractivity contribution in [3.05, 3.63) is 96.3 Å². The SMILES string of the molecule is O=S(=O)(c1ccccc1)c1nc(-c2ccccc2F)oc1NCc1ccccc1. The van der Waals surface area contributed by atoms with Gasteiger partial charge in [-0.15, -0.1) is 0 Å². The van der Waals surface area contributed by atoms with E-state index < -0.39 is 15.7 Å². The highest BCUT2D eigenvalue weighted by molar-refractivity contribution is 7.91. The van der Waals surface area contributed by atoms with Crippen molar-refractivity contribution in [3.8, 4) is 11.5 Å². The first-order chi connectivity index (χ1) is 14.1.